The van der Waals surface area contributed by atoms with Crippen molar-refractivity contribution >= 4 is 0 Å². The zero-order valence-electron chi connectivity index (χ0n) is 14.4. The van der Waals surface area contributed by atoms with Gasteiger partial charge >= 0.3 is 0 Å². The Bertz CT molecular complexity index is 606. The average molecular weight is 329 g/mol. The molecule has 0 atom stereocenters. The van der Waals surface area contributed by atoms with E-state index in [1.165, 1.54) is 5.56 Å². The van der Waals surface area contributed by atoms with Gasteiger partial charge in [-0.05, 0) is 50.6 Å². The van der Waals surface area contributed by atoms with E-state index >= 15 is 0 Å². The van der Waals surface area contributed by atoms with Crippen molar-refractivity contribution < 1.29 is 9.63 Å². The SMILES string of the molecule is CN(Cc1nc(CCc2ccccc2)no1)C1CCC(CO)CC1. The van der Waals surface area contributed by atoms with Gasteiger partial charge in [-0.25, -0.2) is 0 Å². The Kier molecular flexibility index (Phi) is 5.99. The van der Waals surface area contributed by atoms with Crippen molar-refractivity contribution in [2.24, 2.45) is 5.92 Å². The van der Waals surface area contributed by atoms with Gasteiger partial charge in [0.25, 0.3) is 0 Å². The van der Waals surface area contributed by atoms with E-state index in [4.69, 9.17) is 4.52 Å². The summed E-state index contributed by atoms with van der Waals surface area (Å²) >= 11 is 0. The molecule has 1 heterocycles. The first-order chi connectivity index (χ1) is 11.7. The number of nitrogens with zero attached hydrogens (tertiary/aromatic N) is 3. The second kappa shape index (κ2) is 8.40. The molecule has 1 aromatic carbocycles. The Morgan fingerprint density at radius 3 is 2.58 bits per heavy atom. The Labute approximate surface area is 143 Å². The molecule has 24 heavy (non-hydrogen) atoms. The molecule has 1 fully saturated rings. The summed E-state index contributed by atoms with van der Waals surface area (Å²) in [5.41, 5.74) is 1.29. The normalized spacial score (nSPS) is 21.3. The molecule has 0 saturated heterocycles. The number of hydrogen-bond acceptors (Lipinski definition) is 5. The van der Waals surface area contributed by atoms with E-state index < -0.39 is 0 Å². The van der Waals surface area contributed by atoms with Crippen molar-refractivity contribution in [3.05, 3.63) is 47.6 Å². The van der Waals surface area contributed by atoms with Crippen molar-refractivity contribution in [1.29, 1.82) is 0 Å². The second-order valence-electron chi connectivity index (χ2n) is 6.86. The molecule has 0 aliphatic heterocycles. The molecule has 0 bridgehead atoms. The van der Waals surface area contributed by atoms with Crippen molar-refractivity contribution in [2.75, 3.05) is 13.7 Å². The van der Waals surface area contributed by atoms with Crippen LogP contribution in [0.25, 0.3) is 0 Å². The van der Waals surface area contributed by atoms with Gasteiger partial charge in [-0.1, -0.05) is 35.5 Å². The standard InChI is InChI=1S/C19H27N3O2/c1-22(17-10-7-16(14-23)8-11-17)13-19-20-18(21-24-19)12-9-15-5-3-2-4-6-15/h2-6,16-17,23H,7-14H2,1H3. The molecule has 2 aromatic rings. The molecule has 0 unspecified atom stereocenters. The van der Waals surface area contributed by atoms with Crippen LogP contribution < -0.4 is 0 Å². The Morgan fingerprint density at radius 2 is 1.88 bits per heavy atom. The summed E-state index contributed by atoms with van der Waals surface area (Å²) in [6.45, 7) is 1.03. The summed E-state index contributed by atoms with van der Waals surface area (Å²) < 4.78 is 5.41. The molecule has 3 rings (SSSR count). The van der Waals surface area contributed by atoms with Gasteiger partial charge in [0.2, 0.25) is 5.89 Å². The largest absolute Gasteiger partial charge is 0.396 e. The number of aryl methyl sites for hydroxylation is 2. The number of hydrogen-bond donors (Lipinski definition) is 1. The van der Waals surface area contributed by atoms with E-state index in [2.05, 4.69) is 46.4 Å². The van der Waals surface area contributed by atoms with Crippen LogP contribution in [-0.2, 0) is 19.4 Å². The molecule has 1 aliphatic rings. The summed E-state index contributed by atoms with van der Waals surface area (Å²) in [6.07, 6.45) is 6.22. The van der Waals surface area contributed by atoms with Gasteiger partial charge < -0.3 is 9.63 Å². The average Bonchev–Trinajstić information content (AvgIpc) is 3.08. The first-order valence-corrected chi connectivity index (χ1v) is 8.91. The molecular formula is C19H27N3O2. The Balaban J connectivity index is 1.47. The first-order valence-electron chi connectivity index (χ1n) is 8.91. The molecular weight excluding hydrogens is 302 g/mol. The molecule has 1 N–H and O–H groups in total. The maximum Gasteiger partial charge on any atom is 0.240 e. The van der Waals surface area contributed by atoms with Gasteiger partial charge in [0, 0.05) is 19.1 Å². The number of benzene rings is 1. The third-order valence-corrected chi connectivity index (χ3v) is 5.07. The summed E-state index contributed by atoms with van der Waals surface area (Å²) in [5.74, 6) is 1.97. The van der Waals surface area contributed by atoms with Crippen LogP contribution in [0.5, 0.6) is 0 Å². The minimum absolute atomic E-state index is 0.324. The fourth-order valence-corrected chi connectivity index (χ4v) is 3.47. The molecule has 5 nitrogen and oxygen atoms in total. The predicted molar refractivity (Wildman–Crippen MR) is 92.4 cm³/mol. The maximum atomic E-state index is 9.24. The third kappa shape index (κ3) is 4.65. The lowest BCUT2D eigenvalue weighted by Gasteiger charge is -2.33. The molecule has 0 amide bonds. The van der Waals surface area contributed by atoms with E-state index in [1.807, 2.05) is 6.07 Å². The Hall–Kier alpha value is -1.72. The van der Waals surface area contributed by atoms with Crippen molar-refractivity contribution in [3.63, 3.8) is 0 Å². The number of rotatable bonds is 7. The number of aromatic nitrogens is 2. The molecule has 1 aliphatic carbocycles. The molecule has 1 saturated carbocycles. The first kappa shape index (κ1) is 17.1. The lowest BCUT2D eigenvalue weighted by molar-refractivity contribution is 0.116. The van der Waals surface area contributed by atoms with Crippen LogP contribution in [0.4, 0.5) is 0 Å². The summed E-state index contributed by atoms with van der Waals surface area (Å²) in [4.78, 5) is 6.84. The van der Waals surface area contributed by atoms with Crippen molar-refractivity contribution in [2.45, 2.75) is 51.1 Å². The zero-order chi connectivity index (χ0) is 16.8. The lowest BCUT2D eigenvalue weighted by atomic mass is 9.86. The van der Waals surface area contributed by atoms with Crippen LogP contribution in [-0.4, -0.2) is 39.8 Å². The monoisotopic (exact) mass is 329 g/mol. The van der Waals surface area contributed by atoms with Crippen molar-refractivity contribution in [1.82, 2.24) is 15.0 Å². The van der Waals surface area contributed by atoms with Crippen LogP contribution in [0.15, 0.2) is 34.9 Å². The third-order valence-electron chi connectivity index (χ3n) is 5.07. The van der Waals surface area contributed by atoms with E-state index in [0.717, 1.165) is 44.3 Å². The summed E-state index contributed by atoms with van der Waals surface area (Å²) in [5, 5.41) is 13.3. The van der Waals surface area contributed by atoms with E-state index in [1.54, 1.807) is 0 Å². The van der Waals surface area contributed by atoms with Crippen LogP contribution >= 0.6 is 0 Å². The van der Waals surface area contributed by atoms with Crippen LogP contribution in [0, 0.1) is 5.92 Å². The number of aliphatic hydroxyl groups is 1. The van der Waals surface area contributed by atoms with E-state index in [9.17, 15) is 5.11 Å². The van der Waals surface area contributed by atoms with Gasteiger partial charge in [0.05, 0.1) is 6.54 Å². The highest BCUT2D eigenvalue weighted by atomic mass is 16.5. The van der Waals surface area contributed by atoms with Gasteiger partial charge in [-0.2, -0.15) is 4.98 Å². The maximum absolute atomic E-state index is 9.24. The van der Waals surface area contributed by atoms with Gasteiger partial charge in [-0.15, -0.1) is 0 Å². The van der Waals surface area contributed by atoms with Gasteiger partial charge in [0.15, 0.2) is 5.82 Å². The lowest BCUT2D eigenvalue weighted by Crippen LogP contribution is -2.35. The van der Waals surface area contributed by atoms with Crippen LogP contribution in [0.2, 0.25) is 0 Å². The highest BCUT2D eigenvalue weighted by molar-refractivity contribution is 5.15. The predicted octanol–water partition coefficient (Wildman–Crippen LogP) is 2.84. The van der Waals surface area contributed by atoms with Crippen molar-refractivity contribution in [3.8, 4) is 0 Å². The minimum Gasteiger partial charge on any atom is -0.396 e. The topological polar surface area (TPSA) is 62.4 Å². The summed E-state index contributed by atoms with van der Waals surface area (Å²) in [7, 11) is 2.12. The fourth-order valence-electron chi connectivity index (χ4n) is 3.47. The van der Waals surface area contributed by atoms with E-state index in [0.29, 0.717) is 31.0 Å². The Morgan fingerprint density at radius 1 is 1.12 bits per heavy atom. The zero-order valence-corrected chi connectivity index (χ0v) is 14.4. The highest BCUT2D eigenvalue weighted by Gasteiger charge is 2.24. The minimum atomic E-state index is 0.324. The number of aliphatic hydroxyl groups excluding tert-OH is 1. The quantitative estimate of drug-likeness (QED) is 0.846. The van der Waals surface area contributed by atoms with Crippen LogP contribution in [0.3, 0.4) is 0 Å². The van der Waals surface area contributed by atoms with Gasteiger partial charge in [-0.3, -0.25) is 4.90 Å². The molecule has 130 valence electrons. The molecule has 0 spiro atoms. The highest BCUT2D eigenvalue weighted by Crippen LogP contribution is 2.27. The summed E-state index contributed by atoms with van der Waals surface area (Å²) in [6, 6.07) is 10.9. The molecule has 1 aromatic heterocycles. The van der Waals surface area contributed by atoms with Crippen LogP contribution in [0.1, 0.15) is 43.0 Å². The van der Waals surface area contributed by atoms with Gasteiger partial charge in [0.1, 0.15) is 0 Å². The molecule has 0 radical (unpaired) electrons. The smallest absolute Gasteiger partial charge is 0.240 e. The fraction of sp³-hybridized carbons (Fsp3) is 0.579. The molecule has 5 heteroatoms. The van der Waals surface area contributed by atoms with E-state index in [-0.39, 0.29) is 0 Å². The second-order valence-corrected chi connectivity index (χ2v) is 6.86.